The lowest BCUT2D eigenvalue weighted by Crippen LogP contribution is -2.25. The van der Waals surface area contributed by atoms with Gasteiger partial charge in [0.05, 0.1) is 5.01 Å². The van der Waals surface area contributed by atoms with Crippen LogP contribution in [0.3, 0.4) is 0 Å². The SMILES string of the molecule is Cc1nc(OC2CCC(=O)CC2)c(C(N)=O)s1. The number of hydrogen-bond donors (Lipinski definition) is 1. The minimum Gasteiger partial charge on any atom is -0.473 e. The van der Waals surface area contributed by atoms with Gasteiger partial charge in [0.25, 0.3) is 5.91 Å². The Morgan fingerprint density at radius 1 is 1.47 bits per heavy atom. The molecule has 0 aromatic carbocycles. The fourth-order valence-corrected chi connectivity index (χ4v) is 2.54. The van der Waals surface area contributed by atoms with E-state index in [4.69, 9.17) is 10.5 Å². The smallest absolute Gasteiger partial charge is 0.264 e. The molecule has 1 aromatic rings. The number of amides is 1. The van der Waals surface area contributed by atoms with E-state index in [2.05, 4.69) is 4.98 Å². The predicted molar refractivity (Wildman–Crippen MR) is 63.3 cm³/mol. The van der Waals surface area contributed by atoms with Crippen LogP contribution in [0, 0.1) is 6.92 Å². The zero-order valence-corrected chi connectivity index (χ0v) is 10.4. The van der Waals surface area contributed by atoms with Crippen LogP contribution in [0.2, 0.25) is 0 Å². The highest BCUT2D eigenvalue weighted by Gasteiger charge is 2.23. The molecule has 1 amide bonds. The summed E-state index contributed by atoms with van der Waals surface area (Å²) in [5, 5.41) is 0.751. The fraction of sp³-hybridized carbons (Fsp3) is 0.545. The average molecular weight is 254 g/mol. The van der Waals surface area contributed by atoms with E-state index < -0.39 is 5.91 Å². The Balaban J connectivity index is 2.08. The topological polar surface area (TPSA) is 82.3 Å². The molecule has 0 unspecified atom stereocenters. The summed E-state index contributed by atoms with van der Waals surface area (Å²) in [4.78, 5) is 26.8. The molecule has 1 aromatic heterocycles. The van der Waals surface area contributed by atoms with Crippen molar-refractivity contribution in [2.24, 2.45) is 5.73 Å². The number of aryl methyl sites for hydroxylation is 1. The second-order valence-corrected chi connectivity index (χ2v) is 5.29. The van der Waals surface area contributed by atoms with Crippen LogP contribution in [0.5, 0.6) is 5.88 Å². The molecule has 1 saturated carbocycles. The highest BCUT2D eigenvalue weighted by molar-refractivity contribution is 7.13. The van der Waals surface area contributed by atoms with Crippen molar-refractivity contribution in [1.29, 1.82) is 0 Å². The number of ether oxygens (including phenoxy) is 1. The first-order valence-electron chi connectivity index (χ1n) is 5.52. The second kappa shape index (κ2) is 4.83. The van der Waals surface area contributed by atoms with Crippen molar-refractivity contribution in [3.63, 3.8) is 0 Å². The molecule has 5 nitrogen and oxygen atoms in total. The van der Waals surface area contributed by atoms with Gasteiger partial charge >= 0.3 is 0 Å². The van der Waals surface area contributed by atoms with Gasteiger partial charge in [-0.2, -0.15) is 0 Å². The maximum atomic E-state index is 11.2. The van der Waals surface area contributed by atoms with Crippen LogP contribution in [0.4, 0.5) is 0 Å². The van der Waals surface area contributed by atoms with Crippen LogP contribution in [-0.4, -0.2) is 22.8 Å². The van der Waals surface area contributed by atoms with Crippen molar-refractivity contribution >= 4 is 23.0 Å². The summed E-state index contributed by atoms with van der Waals surface area (Å²) in [7, 11) is 0. The molecule has 0 radical (unpaired) electrons. The van der Waals surface area contributed by atoms with Crippen LogP contribution in [0.1, 0.15) is 40.4 Å². The Bertz CT molecular complexity index is 446. The summed E-state index contributed by atoms with van der Waals surface area (Å²) < 4.78 is 5.66. The van der Waals surface area contributed by atoms with Gasteiger partial charge in [-0.15, -0.1) is 11.3 Å². The molecule has 1 aliphatic rings. The van der Waals surface area contributed by atoms with E-state index in [-0.39, 0.29) is 11.9 Å². The van der Waals surface area contributed by atoms with E-state index in [0.717, 1.165) is 5.01 Å². The fourth-order valence-electron chi connectivity index (χ4n) is 1.83. The van der Waals surface area contributed by atoms with E-state index in [9.17, 15) is 9.59 Å². The third-order valence-electron chi connectivity index (χ3n) is 2.70. The first-order chi connectivity index (χ1) is 8.06. The first kappa shape index (κ1) is 12.0. The number of thiazole rings is 1. The highest BCUT2D eigenvalue weighted by atomic mass is 32.1. The van der Waals surface area contributed by atoms with Crippen molar-refractivity contribution in [2.45, 2.75) is 38.7 Å². The third kappa shape index (κ3) is 2.82. The number of rotatable bonds is 3. The summed E-state index contributed by atoms with van der Waals surface area (Å²) >= 11 is 1.23. The van der Waals surface area contributed by atoms with Gasteiger partial charge in [-0.1, -0.05) is 0 Å². The monoisotopic (exact) mass is 254 g/mol. The lowest BCUT2D eigenvalue weighted by Gasteiger charge is -2.21. The number of ketones is 1. The van der Waals surface area contributed by atoms with Crippen molar-refractivity contribution in [3.8, 4) is 5.88 Å². The summed E-state index contributed by atoms with van der Waals surface area (Å²) in [6, 6.07) is 0. The standard InChI is InChI=1S/C11H14N2O3S/c1-6-13-11(9(17-6)10(12)15)16-8-4-2-7(14)3-5-8/h8H,2-5H2,1H3,(H2,12,15). The number of carbonyl (C=O) groups is 2. The Labute approximate surface area is 103 Å². The summed E-state index contributed by atoms with van der Waals surface area (Å²) in [5.41, 5.74) is 5.25. The number of nitrogens with two attached hydrogens (primary N) is 1. The normalized spacial score (nSPS) is 17.1. The number of nitrogens with zero attached hydrogens (tertiary/aromatic N) is 1. The van der Waals surface area contributed by atoms with Gasteiger partial charge < -0.3 is 10.5 Å². The summed E-state index contributed by atoms with van der Waals surface area (Å²) in [6.45, 7) is 1.80. The summed E-state index contributed by atoms with van der Waals surface area (Å²) in [5.74, 6) is 0.0752. The van der Waals surface area contributed by atoms with Crippen LogP contribution >= 0.6 is 11.3 Å². The van der Waals surface area contributed by atoms with E-state index in [1.807, 2.05) is 0 Å². The zero-order valence-electron chi connectivity index (χ0n) is 9.56. The van der Waals surface area contributed by atoms with Crippen molar-refractivity contribution < 1.29 is 14.3 Å². The average Bonchev–Trinajstić information content (AvgIpc) is 2.63. The third-order valence-corrected chi connectivity index (χ3v) is 3.66. The molecule has 0 bridgehead atoms. The Morgan fingerprint density at radius 2 is 2.12 bits per heavy atom. The predicted octanol–water partition coefficient (Wildman–Crippen LogP) is 1.44. The van der Waals surface area contributed by atoms with E-state index in [1.54, 1.807) is 6.92 Å². The van der Waals surface area contributed by atoms with Crippen molar-refractivity contribution in [1.82, 2.24) is 4.98 Å². The van der Waals surface area contributed by atoms with E-state index in [1.165, 1.54) is 11.3 Å². The molecule has 2 rings (SSSR count). The lowest BCUT2D eigenvalue weighted by atomic mass is 9.96. The maximum Gasteiger partial charge on any atom is 0.264 e. The van der Waals surface area contributed by atoms with Gasteiger partial charge in [-0.05, 0) is 19.8 Å². The summed E-state index contributed by atoms with van der Waals surface area (Å²) in [6.07, 6.45) is 2.42. The van der Waals surface area contributed by atoms with E-state index >= 15 is 0 Å². The van der Waals surface area contributed by atoms with Crippen LogP contribution in [-0.2, 0) is 4.79 Å². The molecule has 92 valence electrons. The molecular formula is C11H14N2O3S. The molecule has 1 aliphatic carbocycles. The van der Waals surface area contributed by atoms with Crippen LogP contribution in [0.15, 0.2) is 0 Å². The van der Waals surface area contributed by atoms with Gasteiger partial charge in [-0.25, -0.2) is 4.98 Å². The van der Waals surface area contributed by atoms with Gasteiger partial charge in [0.2, 0.25) is 5.88 Å². The number of hydrogen-bond acceptors (Lipinski definition) is 5. The molecular weight excluding hydrogens is 240 g/mol. The Morgan fingerprint density at radius 3 is 2.71 bits per heavy atom. The number of Topliss-reactive ketones (excluding diaryl/α,β-unsaturated/α-hetero) is 1. The molecule has 0 saturated heterocycles. The molecule has 1 fully saturated rings. The van der Waals surface area contributed by atoms with Gasteiger partial charge in [0.1, 0.15) is 11.9 Å². The number of aromatic nitrogens is 1. The quantitative estimate of drug-likeness (QED) is 0.884. The lowest BCUT2D eigenvalue weighted by molar-refractivity contribution is -0.121. The Kier molecular flexibility index (Phi) is 3.42. The van der Waals surface area contributed by atoms with Gasteiger partial charge in [0.15, 0.2) is 4.88 Å². The van der Waals surface area contributed by atoms with Crippen molar-refractivity contribution in [2.75, 3.05) is 0 Å². The number of primary amides is 1. The minimum atomic E-state index is -0.516. The zero-order chi connectivity index (χ0) is 12.4. The first-order valence-corrected chi connectivity index (χ1v) is 6.33. The van der Waals surface area contributed by atoms with Crippen LogP contribution in [0.25, 0.3) is 0 Å². The van der Waals surface area contributed by atoms with Gasteiger partial charge in [0, 0.05) is 12.8 Å². The van der Waals surface area contributed by atoms with Gasteiger partial charge in [-0.3, -0.25) is 9.59 Å². The highest BCUT2D eigenvalue weighted by Crippen LogP contribution is 2.28. The Hall–Kier alpha value is -1.43. The molecule has 17 heavy (non-hydrogen) atoms. The largest absolute Gasteiger partial charge is 0.473 e. The molecule has 0 spiro atoms. The van der Waals surface area contributed by atoms with Crippen molar-refractivity contribution in [3.05, 3.63) is 9.88 Å². The molecule has 1 heterocycles. The second-order valence-electron chi connectivity index (χ2n) is 4.09. The van der Waals surface area contributed by atoms with Crippen LogP contribution < -0.4 is 10.5 Å². The van der Waals surface area contributed by atoms with E-state index in [0.29, 0.717) is 36.4 Å². The molecule has 0 aliphatic heterocycles. The minimum absolute atomic E-state index is 0.0349. The molecule has 0 atom stereocenters. The number of carbonyl (C=O) groups excluding carboxylic acids is 2. The molecule has 2 N–H and O–H groups in total. The maximum absolute atomic E-state index is 11.2. The molecule has 6 heteroatoms.